The van der Waals surface area contributed by atoms with Gasteiger partial charge < -0.3 is 4.42 Å². The number of carbonyl (C=O) groups is 2. The number of amides is 2. The summed E-state index contributed by atoms with van der Waals surface area (Å²) in [4.78, 5) is 23.0. The molecule has 0 spiro atoms. The molecule has 0 radical (unpaired) electrons. The summed E-state index contributed by atoms with van der Waals surface area (Å²) >= 11 is 0. The Balaban J connectivity index is 0.000000704. The molecule has 0 saturated carbocycles. The third-order valence-electron chi connectivity index (χ3n) is 3.37. The number of hydrogen-bond acceptors (Lipinski definition) is 3. The summed E-state index contributed by atoms with van der Waals surface area (Å²) in [5.41, 5.74) is 2.77. The van der Waals surface area contributed by atoms with Crippen LogP contribution in [0.15, 0.2) is 28.9 Å². The number of fused-ring (bicyclic) bond motifs is 1. The third kappa shape index (κ3) is 2.59. The van der Waals surface area contributed by atoms with E-state index < -0.39 is 0 Å². The maximum Gasteiger partial charge on any atom is 0.234 e. The number of imide groups is 1. The summed E-state index contributed by atoms with van der Waals surface area (Å²) in [7, 11) is 0. The molecular weight excluding hydrogens is 254 g/mol. The van der Waals surface area contributed by atoms with Gasteiger partial charge in [-0.05, 0) is 25.5 Å². The first kappa shape index (κ1) is 14.3. The average Bonchev–Trinajstić information content (AvgIpc) is 2.84. The number of furan rings is 1. The van der Waals surface area contributed by atoms with E-state index in [1.54, 1.807) is 6.26 Å². The molecule has 0 bridgehead atoms. The van der Waals surface area contributed by atoms with Crippen molar-refractivity contribution in [3.63, 3.8) is 0 Å². The number of nitrogens with one attached hydrogen (secondary N) is 1. The van der Waals surface area contributed by atoms with E-state index in [4.69, 9.17) is 4.42 Å². The highest BCUT2D eigenvalue weighted by Gasteiger charge is 2.30. The van der Waals surface area contributed by atoms with Gasteiger partial charge >= 0.3 is 0 Å². The van der Waals surface area contributed by atoms with Crippen LogP contribution in [0.5, 0.6) is 0 Å². The van der Waals surface area contributed by atoms with Crippen LogP contribution in [0.2, 0.25) is 0 Å². The van der Waals surface area contributed by atoms with E-state index in [-0.39, 0.29) is 17.7 Å². The molecule has 3 rings (SSSR count). The Labute approximate surface area is 118 Å². The van der Waals surface area contributed by atoms with Crippen molar-refractivity contribution in [1.82, 2.24) is 5.32 Å². The minimum absolute atomic E-state index is 0.194. The normalized spacial score (nSPS) is 18.4. The fourth-order valence-corrected chi connectivity index (χ4v) is 2.42. The lowest BCUT2D eigenvalue weighted by Gasteiger charge is -2.19. The molecule has 0 aliphatic carbocycles. The standard InChI is InChI=1S/C14H13NO3.C2H6/c1-8-2-4-12-10(6-8)11(7-18-12)9-3-5-13(16)15-14(9)17;1-2/h2,4,6-7,9H,3,5H2,1H3,(H,15,16,17);1-2H3. The Morgan fingerprint density at radius 2 is 2.00 bits per heavy atom. The minimum atomic E-state index is -0.286. The Morgan fingerprint density at radius 3 is 2.70 bits per heavy atom. The van der Waals surface area contributed by atoms with Crippen LogP contribution in [0.1, 0.15) is 43.7 Å². The van der Waals surface area contributed by atoms with Crippen LogP contribution in [0.25, 0.3) is 11.0 Å². The quantitative estimate of drug-likeness (QED) is 0.811. The molecule has 4 heteroatoms. The zero-order valence-electron chi connectivity index (χ0n) is 12.0. The van der Waals surface area contributed by atoms with Crippen molar-refractivity contribution in [3.8, 4) is 0 Å². The van der Waals surface area contributed by atoms with Gasteiger partial charge in [0.25, 0.3) is 0 Å². The first-order valence-electron chi connectivity index (χ1n) is 6.96. The van der Waals surface area contributed by atoms with Gasteiger partial charge in [-0.1, -0.05) is 25.5 Å². The van der Waals surface area contributed by atoms with E-state index in [1.807, 2.05) is 39.0 Å². The van der Waals surface area contributed by atoms with Crippen molar-refractivity contribution in [2.45, 2.75) is 39.5 Å². The minimum Gasteiger partial charge on any atom is -0.464 e. The molecule has 1 atom stereocenters. The van der Waals surface area contributed by atoms with E-state index in [2.05, 4.69) is 5.32 Å². The van der Waals surface area contributed by atoms with Crippen LogP contribution in [0.4, 0.5) is 0 Å². The number of aryl methyl sites for hydroxylation is 1. The number of hydrogen-bond donors (Lipinski definition) is 1. The predicted molar refractivity (Wildman–Crippen MR) is 77.4 cm³/mol. The number of rotatable bonds is 1. The van der Waals surface area contributed by atoms with E-state index in [9.17, 15) is 9.59 Å². The van der Waals surface area contributed by atoms with Crippen molar-refractivity contribution in [2.24, 2.45) is 0 Å². The van der Waals surface area contributed by atoms with Crippen molar-refractivity contribution < 1.29 is 14.0 Å². The van der Waals surface area contributed by atoms with Crippen LogP contribution in [0.3, 0.4) is 0 Å². The summed E-state index contributed by atoms with van der Waals surface area (Å²) in [5, 5.41) is 3.34. The molecule has 1 fully saturated rings. The maximum absolute atomic E-state index is 11.9. The molecule has 2 amide bonds. The zero-order chi connectivity index (χ0) is 14.7. The van der Waals surface area contributed by atoms with Gasteiger partial charge in [0.2, 0.25) is 11.8 Å². The number of piperidine rings is 1. The van der Waals surface area contributed by atoms with Crippen molar-refractivity contribution in [2.75, 3.05) is 0 Å². The lowest BCUT2D eigenvalue weighted by atomic mass is 9.90. The summed E-state index contributed by atoms with van der Waals surface area (Å²) in [6.45, 7) is 6.00. The second-order valence-corrected chi connectivity index (χ2v) is 4.69. The lowest BCUT2D eigenvalue weighted by molar-refractivity contribution is -0.134. The lowest BCUT2D eigenvalue weighted by Crippen LogP contribution is -2.39. The van der Waals surface area contributed by atoms with Crippen LogP contribution in [-0.4, -0.2) is 11.8 Å². The number of carbonyl (C=O) groups excluding carboxylic acids is 2. The molecule has 2 heterocycles. The molecule has 1 unspecified atom stereocenters. The van der Waals surface area contributed by atoms with E-state index >= 15 is 0 Å². The zero-order valence-corrected chi connectivity index (χ0v) is 12.0. The second kappa shape index (κ2) is 5.90. The summed E-state index contributed by atoms with van der Waals surface area (Å²) in [6, 6.07) is 5.89. The molecule has 1 aliphatic heterocycles. The highest BCUT2D eigenvalue weighted by Crippen LogP contribution is 2.32. The second-order valence-electron chi connectivity index (χ2n) is 4.69. The van der Waals surface area contributed by atoms with Gasteiger partial charge in [-0.15, -0.1) is 0 Å². The Bertz CT molecular complexity index is 642. The van der Waals surface area contributed by atoms with E-state index in [0.29, 0.717) is 12.8 Å². The molecular formula is C16H19NO3. The van der Waals surface area contributed by atoms with Gasteiger partial charge in [0, 0.05) is 17.4 Å². The average molecular weight is 273 g/mol. The Kier molecular flexibility index (Phi) is 4.23. The van der Waals surface area contributed by atoms with E-state index in [1.165, 1.54) is 0 Å². The predicted octanol–water partition coefficient (Wildman–Crippen LogP) is 3.29. The van der Waals surface area contributed by atoms with Gasteiger partial charge in [0.1, 0.15) is 5.58 Å². The highest BCUT2D eigenvalue weighted by molar-refractivity contribution is 6.02. The number of benzene rings is 1. The molecule has 1 aromatic carbocycles. The maximum atomic E-state index is 11.9. The van der Waals surface area contributed by atoms with Crippen molar-refractivity contribution >= 4 is 22.8 Å². The Hall–Kier alpha value is -2.10. The fraction of sp³-hybridized carbons (Fsp3) is 0.375. The molecule has 106 valence electrons. The molecule has 1 N–H and O–H groups in total. The van der Waals surface area contributed by atoms with Crippen LogP contribution in [-0.2, 0) is 9.59 Å². The van der Waals surface area contributed by atoms with Gasteiger partial charge in [-0.3, -0.25) is 14.9 Å². The van der Waals surface area contributed by atoms with Gasteiger partial charge in [-0.25, -0.2) is 0 Å². The van der Waals surface area contributed by atoms with Gasteiger partial charge in [-0.2, -0.15) is 0 Å². The smallest absolute Gasteiger partial charge is 0.234 e. The highest BCUT2D eigenvalue weighted by atomic mass is 16.3. The molecule has 1 aromatic heterocycles. The van der Waals surface area contributed by atoms with E-state index in [0.717, 1.165) is 22.1 Å². The van der Waals surface area contributed by atoms with Crippen LogP contribution < -0.4 is 5.32 Å². The topological polar surface area (TPSA) is 59.3 Å². The monoisotopic (exact) mass is 273 g/mol. The molecule has 4 nitrogen and oxygen atoms in total. The molecule has 1 aliphatic rings. The third-order valence-corrected chi connectivity index (χ3v) is 3.37. The van der Waals surface area contributed by atoms with Gasteiger partial charge in [0.05, 0.1) is 12.2 Å². The molecule has 20 heavy (non-hydrogen) atoms. The van der Waals surface area contributed by atoms with Gasteiger partial charge in [0.15, 0.2) is 0 Å². The summed E-state index contributed by atoms with van der Waals surface area (Å²) in [5.74, 6) is -0.707. The first-order chi connectivity index (χ1) is 9.65. The fourth-order valence-electron chi connectivity index (χ4n) is 2.42. The Morgan fingerprint density at radius 1 is 1.25 bits per heavy atom. The SMILES string of the molecule is CC.Cc1ccc2occ(C3CCC(=O)NC3=O)c2c1. The first-order valence-corrected chi connectivity index (χ1v) is 6.96. The molecule has 1 saturated heterocycles. The van der Waals surface area contributed by atoms with Crippen molar-refractivity contribution in [1.29, 1.82) is 0 Å². The van der Waals surface area contributed by atoms with Crippen LogP contribution >= 0.6 is 0 Å². The summed E-state index contributed by atoms with van der Waals surface area (Å²) in [6.07, 6.45) is 2.56. The van der Waals surface area contributed by atoms with Crippen LogP contribution in [0, 0.1) is 6.92 Å². The summed E-state index contributed by atoms with van der Waals surface area (Å²) < 4.78 is 5.47. The van der Waals surface area contributed by atoms with Crippen molar-refractivity contribution in [3.05, 3.63) is 35.6 Å². The largest absolute Gasteiger partial charge is 0.464 e. The molecule has 2 aromatic rings.